The molecule has 2 rings (SSSR count). The minimum atomic E-state index is -0.116. The fourth-order valence-electron chi connectivity index (χ4n) is 2.15. The molecule has 2 aromatic rings. The van der Waals surface area contributed by atoms with Gasteiger partial charge in [-0.2, -0.15) is 0 Å². The second-order valence-corrected chi connectivity index (χ2v) is 6.43. The Bertz CT molecular complexity index is 638. The first-order chi connectivity index (χ1) is 10.6. The molecule has 0 unspecified atom stereocenters. The highest BCUT2D eigenvalue weighted by Gasteiger charge is 2.04. The number of aryl methyl sites for hydroxylation is 1. The fraction of sp³-hybridized carbons (Fsp3) is 0.278. The summed E-state index contributed by atoms with van der Waals surface area (Å²) in [4.78, 5) is 13.3. The number of anilines is 2. The van der Waals surface area contributed by atoms with Crippen LogP contribution in [0.15, 0.2) is 52.3 Å². The summed E-state index contributed by atoms with van der Waals surface area (Å²) in [6.45, 7) is 3.68. The zero-order chi connectivity index (χ0) is 15.9. The molecular formula is C18H22N2OS. The number of benzene rings is 2. The summed E-state index contributed by atoms with van der Waals surface area (Å²) in [7, 11) is 0. The van der Waals surface area contributed by atoms with Crippen molar-refractivity contribution in [1.29, 1.82) is 0 Å². The molecule has 0 spiro atoms. The molecule has 0 fully saturated rings. The van der Waals surface area contributed by atoms with Crippen molar-refractivity contribution in [3.8, 4) is 0 Å². The molecule has 0 atom stereocenters. The summed E-state index contributed by atoms with van der Waals surface area (Å²) >= 11 is 1.67. The van der Waals surface area contributed by atoms with Crippen LogP contribution < -0.4 is 11.1 Å². The van der Waals surface area contributed by atoms with Crippen LogP contribution in [0.2, 0.25) is 0 Å². The second kappa shape index (κ2) is 7.90. The lowest BCUT2D eigenvalue weighted by Crippen LogP contribution is -2.07. The Kier molecular flexibility index (Phi) is 5.90. The Morgan fingerprint density at radius 1 is 1.14 bits per heavy atom. The molecule has 0 saturated heterocycles. The van der Waals surface area contributed by atoms with Crippen molar-refractivity contribution in [2.45, 2.75) is 42.9 Å². The number of carbonyl (C=O) groups excluding carboxylic acids is 1. The number of rotatable bonds is 6. The maximum Gasteiger partial charge on any atom is 0.221 e. The van der Waals surface area contributed by atoms with Crippen molar-refractivity contribution in [3.63, 3.8) is 0 Å². The average Bonchev–Trinajstić information content (AvgIpc) is 2.49. The molecule has 3 nitrogen and oxygen atoms in total. The molecule has 0 bridgehead atoms. The molecule has 0 heterocycles. The normalized spacial score (nSPS) is 10.5. The third kappa shape index (κ3) is 4.81. The summed E-state index contributed by atoms with van der Waals surface area (Å²) < 4.78 is 0. The van der Waals surface area contributed by atoms with Gasteiger partial charge in [-0.25, -0.2) is 0 Å². The minimum absolute atomic E-state index is 0.116. The van der Waals surface area contributed by atoms with E-state index in [0.717, 1.165) is 11.3 Å². The molecule has 0 saturated carbocycles. The van der Waals surface area contributed by atoms with Crippen molar-refractivity contribution in [2.24, 2.45) is 0 Å². The number of carbonyl (C=O) groups is 1. The quantitative estimate of drug-likeness (QED) is 0.758. The van der Waals surface area contributed by atoms with Gasteiger partial charge in [-0.15, -0.1) is 0 Å². The number of hydrogen-bond donors (Lipinski definition) is 2. The summed E-state index contributed by atoms with van der Waals surface area (Å²) in [5, 5.41) is 2.72. The smallest absolute Gasteiger partial charge is 0.221 e. The van der Waals surface area contributed by atoms with Gasteiger partial charge in [0.25, 0.3) is 0 Å². The molecule has 0 aliphatic rings. The van der Waals surface area contributed by atoms with Gasteiger partial charge >= 0.3 is 0 Å². The molecule has 0 aliphatic heterocycles. The molecule has 0 aromatic heterocycles. The van der Waals surface area contributed by atoms with Crippen LogP contribution in [0.3, 0.4) is 0 Å². The zero-order valence-corrected chi connectivity index (χ0v) is 13.9. The van der Waals surface area contributed by atoms with Crippen LogP contribution in [0, 0.1) is 0 Å². The first-order valence-electron chi connectivity index (χ1n) is 7.52. The van der Waals surface area contributed by atoms with Crippen LogP contribution in [-0.2, 0) is 11.2 Å². The highest BCUT2D eigenvalue weighted by molar-refractivity contribution is 7.99. The SMILES string of the molecule is CCCCc1ccc(Sc2ccc(NC(C)=O)c(N)c2)cc1. The summed E-state index contributed by atoms with van der Waals surface area (Å²) in [6, 6.07) is 14.4. The van der Waals surface area contributed by atoms with E-state index in [9.17, 15) is 4.79 Å². The van der Waals surface area contributed by atoms with Gasteiger partial charge in [0.15, 0.2) is 0 Å². The average molecular weight is 314 g/mol. The predicted molar refractivity (Wildman–Crippen MR) is 94.3 cm³/mol. The van der Waals surface area contributed by atoms with Crippen LogP contribution in [0.25, 0.3) is 0 Å². The van der Waals surface area contributed by atoms with E-state index in [1.54, 1.807) is 11.8 Å². The van der Waals surface area contributed by atoms with E-state index < -0.39 is 0 Å². The van der Waals surface area contributed by atoms with Gasteiger partial charge in [-0.3, -0.25) is 4.79 Å². The molecule has 1 amide bonds. The molecule has 0 radical (unpaired) electrons. The Balaban J connectivity index is 2.04. The van der Waals surface area contributed by atoms with Crippen LogP contribution in [-0.4, -0.2) is 5.91 Å². The minimum Gasteiger partial charge on any atom is -0.397 e. The van der Waals surface area contributed by atoms with E-state index in [0.29, 0.717) is 11.4 Å². The van der Waals surface area contributed by atoms with Crippen molar-refractivity contribution >= 4 is 29.0 Å². The lowest BCUT2D eigenvalue weighted by molar-refractivity contribution is -0.114. The van der Waals surface area contributed by atoms with Gasteiger partial charge in [0.2, 0.25) is 5.91 Å². The molecule has 2 aromatic carbocycles. The number of nitrogens with one attached hydrogen (secondary N) is 1. The maximum absolute atomic E-state index is 11.1. The monoisotopic (exact) mass is 314 g/mol. The molecular weight excluding hydrogens is 292 g/mol. The zero-order valence-electron chi connectivity index (χ0n) is 13.1. The molecule has 116 valence electrons. The molecule has 4 heteroatoms. The van der Waals surface area contributed by atoms with E-state index in [4.69, 9.17) is 5.73 Å². The number of unbranched alkanes of at least 4 members (excludes halogenated alkanes) is 1. The summed E-state index contributed by atoms with van der Waals surface area (Å²) in [5.74, 6) is -0.116. The van der Waals surface area contributed by atoms with Crippen molar-refractivity contribution < 1.29 is 4.79 Å². The standard InChI is InChI=1S/C18H22N2OS/c1-3-4-5-14-6-8-15(9-7-14)22-16-10-11-18(17(19)12-16)20-13(2)21/h6-12H,3-5,19H2,1-2H3,(H,20,21). The van der Waals surface area contributed by atoms with Crippen molar-refractivity contribution in [1.82, 2.24) is 0 Å². The summed E-state index contributed by atoms with van der Waals surface area (Å²) in [6.07, 6.45) is 3.59. The molecule has 22 heavy (non-hydrogen) atoms. The van der Waals surface area contributed by atoms with E-state index in [1.165, 1.54) is 30.2 Å². The topological polar surface area (TPSA) is 55.1 Å². The van der Waals surface area contributed by atoms with Crippen molar-refractivity contribution in [3.05, 3.63) is 48.0 Å². The van der Waals surface area contributed by atoms with Gasteiger partial charge in [0, 0.05) is 16.7 Å². The maximum atomic E-state index is 11.1. The number of nitrogens with two attached hydrogens (primary N) is 1. The number of amides is 1. The van der Waals surface area contributed by atoms with E-state index in [2.05, 4.69) is 36.5 Å². The molecule has 0 aliphatic carbocycles. The first kappa shape index (κ1) is 16.4. The lowest BCUT2D eigenvalue weighted by atomic mass is 10.1. The Hall–Kier alpha value is -1.94. The van der Waals surface area contributed by atoms with Crippen LogP contribution in [0.5, 0.6) is 0 Å². The summed E-state index contributed by atoms with van der Waals surface area (Å²) in [5.41, 5.74) is 8.60. The Labute approximate surface area is 136 Å². The van der Waals surface area contributed by atoms with Gasteiger partial charge in [-0.05, 0) is 48.7 Å². The third-order valence-electron chi connectivity index (χ3n) is 3.31. The van der Waals surface area contributed by atoms with Crippen LogP contribution in [0.1, 0.15) is 32.3 Å². The highest BCUT2D eigenvalue weighted by Crippen LogP contribution is 2.32. The third-order valence-corrected chi connectivity index (χ3v) is 4.31. The van der Waals surface area contributed by atoms with Gasteiger partial charge in [0.1, 0.15) is 0 Å². The first-order valence-corrected chi connectivity index (χ1v) is 8.34. The van der Waals surface area contributed by atoms with Crippen molar-refractivity contribution in [2.75, 3.05) is 11.1 Å². The number of nitrogen functional groups attached to an aromatic ring is 1. The van der Waals surface area contributed by atoms with E-state index >= 15 is 0 Å². The lowest BCUT2D eigenvalue weighted by Gasteiger charge is -2.09. The number of hydrogen-bond acceptors (Lipinski definition) is 3. The second-order valence-electron chi connectivity index (χ2n) is 5.28. The largest absolute Gasteiger partial charge is 0.397 e. The Morgan fingerprint density at radius 3 is 2.41 bits per heavy atom. The van der Waals surface area contributed by atoms with Gasteiger partial charge in [-0.1, -0.05) is 37.2 Å². The van der Waals surface area contributed by atoms with E-state index in [1.807, 2.05) is 18.2 Å². The van der Waals surface area contributed by atoms with Crippen LogP contribution in [0.4, 0.5) is 11.4 Å². The van der Waals surface area contributed by atoms with Gasteiger partial charge in [0.05, 0.1) is 11.4 Å². The molecule has 3 N–H and O–H groups in total. The van der Waals surface area contributed by atoms with E-state index in [-0.39, 0.29) is 5.91 Å². The van der Waals surface area contributed by atoms with Crippen LogP contribution >= 0.6 is 11.8 Å². The van der Waals surface area contributed by atoms with Gasteiger partial charge < -0.3 is 11.1 Å². The predicted octanol–water partition coefficient (Wildman–Crippen LogP) is 4.72. The Morgan fingerprint density at radius 2 is 1.82 bits per heavy atom. The fourth-order valence-corrected chi connectivity index (χ4v) is 3.02. The highest BCUT2D eigenvalue weighted by atomic mass is 32.2.